The van der Waals surface area contributed by atoms with E-state index in [-0.39, 0.29) is 5.91 Å². The van der Waals surface area contributed by atoms with Gasteiger partial charge in [0.25, 0.3) is 5.91 Å². The number of fused-ring (bicyclic) bond motifs is 1. The van der Waals surface area contributed by atoms with E-state index in [1.807, 2.05) is 24.3 Å². The molecule has 2 aromatic rings. The highest BCUT2D eigenvalue weighted by Crippen LogP contribution is 2.31. The predicted molar refractivity (Wildman–Crippen MR) is 89.2 cm³/mol. The number of anilines is 2. The number of nitrogen functional groups attached to an aromatic ring is 1. The van der Waals surface area contributed by atoms with Gasteiger partial charge in [0, 0.05) is 11.9 Å². The smallest absolute Gasteiger partial charge is 0.268 e. The van der Waals surface area contributed by atoms with Crippen molar-refractivity contribution in [2.24, 2.45) is 0 Å². The molecular formula is C17H20N2OS. The van der Waals surface area contributed by atoms with Gasteiger partial charge in [0.1, 0.15) is 0 Å². The second-order valence-electron chi connectivity index (χ2n) is 5.54. The molecule has 0 radical (unpaired) electrons. The molecular weight excluding hydrogens is 280 g/mol. The molecule has 0 aliphatic heterocycles. The summed E-state index contributed by atoms with van der Waals surface area (Å²) < 4.78 is 0. The molecule has 1 amide bonds. The third-order valence-electron chi connectivity index (χ3n) is 4.06. The summed E-state index contributed by atoms with van der Waals surface area (Å²) in [6, 6.07) is 9.57. The normalized spacial score (nSPS) is 14.3. The summed E-state index contributed by atoms with van der Waals surface area (Å²) in [7, 11) is 1.79. The minimum Gasteiger partial charge on any atom is -0.397 e. The van der Waals surface area contributed by atoms with Crippen molar-refractivity contribution in [2.45, 2.75) is 32.1 Å². The Kier molecular flexibility index (Phi) is 3.97. The molecule has 4 heteroatoms. The molecule has 3 nitrogen and oxygen atoms in total. The lowest BCUT2D eigenvalue weighted by atomic mass is 10.1. The maximum Gasteiger partial charge on any atom is 0.268 e. The Labute approximate surface area is 129 Å². The minimum absolute atomic E-state index is 0.0333. The molecule has 0 saturated carbocycles. The Hall–Kier alpha value is -1.81. The van der Waals surface area contributed by atoms with E-state index in [0.29, 0.717) is 5.69 Å². The van der Waals surface area contributed by atoms with Crippen LogP contribution >= 0.6 is 11.3 Å². The van der Waals surface area contributed by atoms with Crippen LogP contribution in [0.4, 0.5) is 11.4 Å². The van der Waals surface area contributed by atoms with Crippen LogP contribution < -0.4 is 10.6 Å². The number of hydrogen-bond acceptors (Lipinski definition) is 3. The molecule has 2 N–H and O–H groups in total. The van der Waals surface area contributed by atoms with Crippen LogP contribution in [-0.4, -0.2) is 13.0 Å². The van der Waals surface area contributed by atoms with Gasteiger partial charge in [-0.2, -0.15) is 0 Å². The Morgan fingerprint density at radius 1 is 1.19 bits per heavy atom. The number of carbonyl (C=O) groups excluding carboxylic acids is 1. The van der Waals surface area contributed by atoms with Gasteiger partial charge in [-0.25, -0.2) is 0 Å². The van der Waals surface area contributed by atoms with Gasteiger partial charge in [-0.3, -0.25) is 4.79 Å². The molecule has 1 heterocycles. The van der Waals surface area contributed by atoms with Gasteiger partial charge in [0.05, 0.1) is 16.3 Å². The summed E-state index contributed by atoms with van der Waals surface area (Å²) in [4.78, 5) is 16.6. The van der Waals surface area contributed by atoms with E-state index in [1.54, 1.807) is 23.3 Å². The van der Waals surface area contributed by atoms with Gasteiger partial charge in [-0.1, -0.05) is 18.6 Å². The van der Waals surface area contributed by atoms with Crippen LogP contribution in [0.15, 0.2) is 30.3 Å². The van der Waals surface area contributed by atoms with Gasteiger partial charge in [0.2, 0.25) is 0 Å². The first-order chi connectivity index (χ1) is 10.2. The number of hydrogen-bond donors (Lipinski definition) is 1. The van der Waals surface area contributed by atoms with Crippen molar-refractivity contribution in [2.75, 3.05) is 17.7 Å². The highest BCUT2D eigenvalue weighted by atomic mass is 32.1. The molecule has 3 rings (SSSR count). The van der Waals surface area contributed by atoms with E-state index in [2.05, 4.69) is 6.07 Å². The molecule has 0 fully saturated rings. The summed E-state index contributed by atoms with van der Waals surface area (Å²) in [5.41, 5.74) is 8.74. The van der Waals surface area contributed by atoms with Gasteiger partial charge in [-0.15, -0.1) is 11.3 Å². The second-order valence-corrected chi connectivity index (χ2v) is 6.68. The van der Waals surface area contributed by atoms with Crippen LogP contribution in [-0.2, 0) is 12.8 Å². The zero-order chi connectivity index (χ0) is 14.8. The molecule has 1 aliphatic carbocycles. The average Bonchev–Trinajstić information content (AvgIpc) is 2.77. The number of thiophene rings is 1. The summed E-state index contributed by atoms with van der Waals surface area (Å²) in [5.74, 6) is 0.0333. The number of carbonyl (C=O) groups is 1. The highest BCUT2D eigenvalue weighted by molar-refractivity contribution is 7.14. The van der Waals surface area contributed by atoms with Crippen LogP contribution in [0, 0.1) is 0 Å². The van der Waals surface area contributed by atoms with E-state index in [9.17, 15) is 4.79 Å². The number of nitrogens with zero attached hydrogens (tertiary/aromatic N) is 1. The maximum absolute atomic E-state index is 12.7. The predicted octanol–water partition coefficient (Wildman–Crippen LogP) is 3.88. The summed E-state index contributed by atoms with van der Waals surface area (Å²) >= 11 is 1.65. The maximum atomic E-state index is 12.7. The highest BCUT2D eigenvalue weighted by Gasteiger charge is 2.20. The quantitative estimate of drug-likeness (QED) is 0.676. The fourth-order valence-corrected chi connectivity index (χ4v) is 4.07. The third-order valence-corrected chi connectivity index (χ3v) is 5.29. The van der Waals surface area contributed by atoms with Crippen molar-refractivity contribution >= 4 is 28.6 Å². The van der Waals surface area contributed by atoms with Crippen molar-refractivity contribution in [1.82, 2.24) is 0 Å². The molecule has 0 atom stereocenters. The first kappa shape index (κ1) is 14.1. The van der Waals surface area contributed by atoms with Crippen LogP contribution in [0.2, 0.25) is 0 Å². The molecule has 0 unspecified atom stereocenters. The number of rotatable bonds is 2. The topological polar surface area (TPSA) is 46.3 Å². The van der Waals surface area contributed by atoms with Crippen molar-refractivity contribution in [3.05, 3.63) is 45.6 Å². The standard InChI is InChI=1S/C17H20N2OS/c1-19(14-9-6-5-8-13(14)18)17(20)16-11-12-7-3-2-4-10-15(12)21-16/h5-6,8-9,11H,2-4,7,10,18H2,1H3. The monoisotopic (exact) mass is 300 g/mol. The molecule has 1 aromatic heterocycles. The first-order valence-corrected chi connectivity index (χ1v) is 8.22. The van der Waals surface area contributed by atoms with Gasteiger partial charge in [0.15, 0.2) is 0 Å². The molecule has 1 aromatic carbocycles. The molecule has 0 bridgehead atoms. The van der Waals surface area contributed by atoms with Gasteiger partial charge >= 0.3 is 0 Å². The summed E-state index contributed by atoms with van der Waals surface area (Å²) in [6.45, 7) is 0. The SMILES string of the molecule is CN(C(=O)c1cc2c(s1)CCCCC2)c1ccccc1N. The Bertz CT molecular complexity index is 639. The van der Waals surface area contributed by atoms with E-state index < -0.39 is 0 Å². The fourth-order valence-electron chi connectivity index (χ4n) is 2.84. The zero-order valence-corrected chi connectivity index (χ0v) is 13.1. The molecule has 110 valence electrons. The Morgan fingerprint density at radius 2 is 1.95 bits per heavy atom. The second kappa shape index (κ2) is 5.90. The van der Waals surface area contributed by atoms with Gasteiger partial charge < -0.3 is 10.6 Å². The van der Waals surface area contributed by atoms with Crippen LogP contribution in [0.5, 0.6) is 0 Å². The first-order valence-electron chi connectivity index (χ1n) is 7.41. The number of nitrogens with two attached hydrogens (primary N) is 1. The average molecular weight is 300 g/mol. The largest absolute Gasteiger partial charge is 0.397 e. The lowest BCUT2D eigenvalue weighted by molar-refractivity contribution is 0.0997. The lowest BCUT2D eigenvalue weighted by Gasteiger charge is -2.18. The Morgan fingerprint density at radius 3 is 2.76 bits per heavy atom. The summed E-state index contributed by atoms with van der Waals surface area (Å²) in [6.07, 6.45) is 5.99. The van der Waals surface area contributed by atoms with Crippen LogP contribution in [0.3, 0.4) is 0 Å². The third kappa shape index (κ3) is 2.81. The van der Waals surface area contributed by atoms with E-state index in [0.717, 1.165) is 23.4 Å². The van der Waals surface area contributed by atoms with E-state index in [1.165, 1.54) is 29.7 Å². The Balaban J connectivity index is 1.87. The lowest BCUT2D eigenvalue weighted by Crippen LogP contribution is -2.26. The number of benzene rings is 1. The fraction of sp³-hybridized carbons (Fsp3) is 0.353. The van der Waals surface area contributed by atoms with Crippen molar-refractivity contribution in [1.29, 1.82) is 0 Å². The number of para-hydroxylation sites is 2. The number of aryl methyl sites for hydroxylation is 2. The van der Waals surface area contributed by atoms with Gasteiger partial charge in [-0.05, 0) is 49.4 Å². The zero-order valence-electron chi connectivity index (χ0n) is 12.3. The molecule has 21 heavy (non-hydrogen) atoms. The van der Waals surface area contributed by atoms with Crippen molar-refractivity contribution in [3.63, 3.8) is 0 Å². The molecule has 0 saturated heterocycles. The van der Waals surface area contributed by atoms with Crippen LogP contribution in [0.25, 0.3) is 0 Å². The molecule has 0 spiro atoms. The summed E-state index contributed by atoms with van der Waals surface area (Å²) in [5, 5.41) is 0. The van der Waals surface area contributed by atoms with Crippen molar-refractivity contribution < 1.29 is 4.79 Å². The van der Waals surface area contributed by atoms with E-state index >= 15 is 0 Å². The van der Waals surface area contributed by atoms with Crippen LogP contribution in [0.1, 0.15) is 39.4 Å². The number of amides is 1. The molecule has 1 aliphatic rings. The van der Waals surface area contributed by atoms with Crippen molar-refractivity contribution in [3.8, 4) is 0 Å². The van der Waals surface area contributed by atoms with E-state index in [4.69, 9.17) is 5.73 Å². The minimum atomic E-state index is 0.0333.